The van der Waals surface area contributed by atoms with Gasteiger partial charge >= 0.3 is 17.9 Å². The summed E-state index contributed by atoms with van der Waals surface area (Å²) in [6.07, 6.45) is 77.4. The molecular formula is C70H136O6. The summed E-state index contributed by atoms with van der Waals surface area (Å²) in [5.41, 5.74) is 0. The number of ether oxygens (including phenoxy) is 3. The Morgan fingerprint density at radius 2 is 0.355 bits per heavy atom. The highest BCUT2D eigenvalue weighted by Crippen LogP contribution is 2.19. The summed E-state index contributed by atoms with van der Waals surface area (Å²) in [4.78, 5) is 38.1. The highest BCUT2D eigenvalue weighted by molar-refractivity contribution is 5.71. The van der Waals surface area contributed by atoms with Gasteiger partial charge in [-0.25, -0.2) is 0 Å². The highest BCUT2D eigenvalue weighted by atomic mass is 16.6. The molecule has 76 heavy (non-hydrogen) atoms. The van der Waals surface area contributed by atoms with E-state index >= 15 is 0 Å². The number of esters is 3. The molecule has 0 bridgehead atoms. The van der Waals surface area contributed by atoms with Crippen molar-refractivity contribution >= 4 is 17.9 Å². The fourth-order valence-electron chi connectivity index (χ4n) is 11.1. The van der Waals surface area contributed by atoms with Gasteiger partial charge in [-0.2, -0.15) is 0 Å². The van der Waals surface area contributed by atoms with E-state index in [9.17, 15) is 14.4 Å². The molecule has 0 spiro atoms. The van der Waals surface area contributed by atoms with Crippen LogP contribution in [0.2, 0.25) is 0 Å². The lowest BCUT2D eigenvalue weighted by molar-refractivity contribution is -0.167. The average molecular weight is 1070 g/mol. The van der Waals surface area contributed by atoms with Crippen molar-refractivity contribution in [3.63, 3.8) is 0 Å². The molecule has 0 radical (unpaired) electrons. The van der Waals surface area contributed by atoms with Crippen LogP contribution in [-0.2, 0) is 28.6 Å². The second kappa shape index (κ2) is 65.9. The standard InChI is InChI=1S/C70H136O6/c1-4-7-10-13-16-18-20-22-24-26-28-30-32-33-34-35-36-37-38-40-41-43-45-47-49-51-54-57-60-63-69(72)75-66-67(65-74-68(71)62-59-56-53-15-12-9-6-3)76-70(73)64-61-58-55-52-50-48-46-44-42-39-31-29-27-25-23-21-19-17-14-11-8-5-2/h67H,4-66H2,1-3H3. The zero-order chi connectivity index (χ0) is 55.0. The Morgan fingerprint density at radius 3 is 0.526 bits per heavy atom. The number of hydrogen-bond donors (Lipinski definition) is 0. The number of carbonyl (C=O) groups excluding carboxylic acids is 3. The number of unbranched alkanes of at least 4 members (excludes halogenated alkanes) is 55. The summed E-state index contributed by atoms with van der Waals surface area (Å²) in [5, 5.41) is 0. The highest BCUT2D eigenvalue weighted by Gasteiger charge is 2.19. The molecule has 0 amide bonds. The average Bonchev–Trinajstić information content (AvgIpc) is 3.42. The van der Waals surface area contributed by atoms with Crippen LogP contribution in [0.3, 0.4) is 0 Å². The van der Waals surface area contributed by atoms with Crippen molar-refractivity contribution < 1.29 is 28.6 Å². The minimum atomic E-state index is -0.761. The van der Waals surface area contributed by atoms with Crippen molar-refractivity contribution in [3.05, 3.63) is 0 Å². The maximum atomic E-state index is 12.9. The number of rotatable bonds is 66. The van der Waals surface area contributed by atoms with Crippen LogP contribution in [-0.4, -0.2) is 37.2 Å². The largest absolute Gasteiger partial charge is 0.462 e. The van der Waals surface area contributed by atoms with Gasteiger partial charge in [-0.3, -0.25) is 14.4 Å². The molecule has 0 saturated heterocycles. The van der Waals surface area contributed by atoms with Crippen molar-refractivity contribution in [1.82, 2.24) is 0 Å². The Bertz CT molecular complexity index is 1140. The Balaban J connectivity index is 3.98. The van der Waals surface area contributed by atoms with E-state index in [2.05, 4.69) is 20.8 Å². The van der Waals surface area contributed by atoms with E-state index in [-0.39, 0.29) is 31.1 Å². The van der Waals surface area contributed by atoms with E-state index in [0.29, 0.717) is 19.3 Å². The zero-order valence-corrected chi connectivity index (χ0v) is 52.1. The maximum Gasteiger partial charge on any atom is 0.306 e. The first-order valence-corrected chi connectivity index (χ1v) is 35.0. The molecule has 452 valence electrons. The van der Waals surface area contributed by atoms with Crippen molar-refractivity contribution in [2.24, 2.45) is 0 Å². The van der Waals surface area contributed by atoms with Gasteiger partial charge < -0.3 is 14.2 Å². The molecule has 0 fully saturated rings. The van der Waals surface area contributed by atoms with Gasteiger partial charge in [0.05, 0.1) is 0 Å². The third-order valence-electron chi connectivity index (χ3n) is 16.4. The number of hydrogen-bond acceptors (Lipinski definition) is 6. The van der Waals surface area contributed by atoms with Crippen LogP contribution in [0.25, 0.3) is 0 Å². The predicted molar refractivity (Wildman–Crippen MR) is 330 cm³/mol. The third kappa shape index (κ3) is 63.2. The molecule has 1 unspecified atom stereocenters. The smallest absolute Gasteiger partial charge is 0.306 e. The lowest BCUT2D eigenvalue weighted by Gasteiger charge is -2.18. The summed E-state index contributed by atoms with van der Waals surface area (Å²) >= 11 is 0. The van der Waals surface area contributed by atoms with E-state index in [0.717, 1.165) is 57.8 Å². The van der Waals surface area contributed by atoms with Crippen LogP contribution in [0.5, 0.6) is 0 Å². The van der Waals surface area contributed by atoms with Crippen molar-refractivity contribution in [1.29, 1.82) is 0 Å². The van der Waals surface area contributed by atoms with Crippen LogP contribution < -0.4 is 0 Å². The predicted octanol–water partition coefficient (Wildman–Crippen LogP) is 23.8. The lowest BCUT2D eigenvalue weighted by atomic mass is 10.0. The fourth-order valence-corrected chi connectivity index (χ4v) is 11.1. The third-order valence-corrected chi connectivity index (χ3v) is 16.4. The zero-order valence-electron chi connectivity index (χ0n) is 52.1. The van der Waals surface area contributed by atoms with E-state index in [4.69, 9.17) is 14.2 Å². The van der Waals surface area contributed by atoms with E-state index in [1.54, 1.807) is 0 Å². The van der Waals surface area contributed by atoms with Gasteiger partial charge in [-0.1, -0.05) is 374 Å². The molecule has 0 aliphatic carbocycles. The SMILES string of the molecule is CCCCCCCCCCCCCCCCCCCCCCCCCCCCCCCC(=O)OCC(COC(=O)CCCCCCCCC)OC(=O)CCCCCCCCCCCCCCCCCCCCCCCC. The van der Waals surface area contributed by atoms with E-state index in [1.165, 1.54) is 315 Å². The van der Waals surface area contributed by atoms with Gasteiger partial charge in [-0.05, 0) is 19.3 Å². The molecular weight excluding hydrogens is 937 g/mol. The summed E-state index contributed by atoms with van der Waals surface area (Å²) in [6.45, 7) is 6.69. The topological polar surface area (TPSA) is 78.9 Å². The minimum Gasteiger partial charge on any atom is -0.462 e. The van der Waals surface area contributed by atoms with Crippen molar-refractivity contribution in [3.8, 4) is 0 Å². The molecule has 0 N–H and O–H groups in total. The maximum absolute atomic E-state index is 12.9. The first kappa shape index (κ1) is 74.4. The van der Waals surface area contributed by atoms with Gasteiger partial charge in [-0.15, -0.1) is 0 Å². The van der Waals surface area contributed by atoms with Crippen molar-refractivity contribution in [2.75, 3.05) is 13.2 Å². The number of carbonyl (C=O) groups is 3. The summed E-state index contributed by atoms with van der Waals surface area (Å²) < 4.78 is 16.9. The van der Waals surface area contributed by atoms with Gasteiger partial charge in [0.25, 0.3) is 0 Å². The Kier molecular flexibility index (Phi) is 64.5. The Labute approximate surface area is 476 Å². The first-order valence-electron chi connectivity index (χ1n) is 35.0. The molecule has 6 nitrogen and oxygen atoms in total. The quantitative estimate of drug-likeness (QED) is 0.0343. The summed E-state index contributed by atoms with van der Waals surface area (Å²) in [7, 11) is 0. The van der Waals surface area contributed by atoms with Crippen LogP contribution in [0.1, 0.15) is 412 Å². The molecule has 0 aromatic carbocycles. The molecule has 0 heterocycles. The molecule has 6 heteroatoms. The molecule has 0 saturated carbocycles. The van der Waals surface area contributed by atoms with E-state index < -0.39 is 6.10 Å². The summed E-state index contributed by atoms with van der Waals surface area (Å²) in [5.74, 6) is -0.833. The monoisotopic (exact) mass is 1070 g/mol. The van der Waals surface area contributed by atoms with Gasteiger partial charge in [0.2, 0.25) is 0 Å². The molecule has 0 aliphatic heterocycles. The second-order valence-corrected chi connectivity index (χ2v) is 24.2. The first-order chi connectivity index (χ1) is 37.5. The Morgan fingerprint density at radius 1 is 0.211 bits per heavy atom. The molecule has 0 rings (SSSR count). The van der Waals surface area contributed by atoms with Gasteiger partial charge in [0.15, 0.2) is 6.10 Å². The minimum absolute atomic E-state index is 0.0613. The van der Waals surface area contributed by atoms with Gasteiger partial charge in [0.1, 0.15) is 13.2 Å². The summed E-state index contributed by atoms with van der Waals surface area (Å²) in [6, 6.07) is 0. The second-order valence-electron chi connectivity index (χ2n) is 24.2. The molecule has 0 aromatic rings. The van der Waals surface area contributed by atoms with Gasteiger partial charge in [0, 0.05) is 19.3 Å². The normalized spacial score (nSPS) is 11.9. The lowest BCUT2D eigenvalue weighted by Crippen LogP contribution is -2.30. The molecule has 0 aliphatic rings. The fraction of sp³-hybridized carbons (Fsp3) is 0.957. The van der Waals surface area contributed by atoms with Crippen LogP contribution >= 0.6 is 0 Å². The Hall–Kier alpha value is -1.59. The van der Waals surface area contributed by atoms with Crippen LogP contribution in [0.15, 0.2) is 0 Å². The van der Waals surface area contributed by atoms with Crippen LogP contribution in [0.4, 0.5) is 0 Å². The van der Waals surface area contributed by atoms with E-state index in [1.807, 2.05) is 0 Å². The molecule has 1 atom stereocenters. The molecule has 0 aromatic heterocycles. The van der Waals surface area contributed by atoms with Crippen molar-refractivity contribution in [2.45, 2.75) is 419 Å². The van der Waals surface area contributed by atoms with Crippen LogP contribution in [0, 0.1) is 0 Å².